The summed E-state index contributed by atoms with van der Waals surface area (Å²) in [6.07, 6.45) is 1.10. The first kappa shape index (κ1) is 15.4. The number of nitrogens with zero attached hydrogens (tertiary/aromatic N) is 1. The van der Waals surface area contributed by atoms with E-state index in [0.717, 1.165) is 19.5 Å². The third-order valence-corrected chi connectivity index (χ3v) is 2.59. The van der Waals surface area contributed by atoms with Gasteiger partial charge in [-0.15, -0.1) is 0 Å². The molecule has 0 aliphatic carbocycles. The molecule has 0 aromatic rings. The first-order valence-electron chi connectivity index (χ1n) is 6.21. The van der Waals surface area contributed by atoms with Gasteiger partial charge < -0.3 is 9.64 Å². The van der Waals surface area contributed by atoms with Crippen LogP contribution in [0.5, 0.6) is 0 Å². The Balaban J connectivity index is 4.11. The van der Waals surface area contributed by atoms with Crippen molar-refractivity contribution in [2.45, 2.75) is 53.6 Å². The molecule has 0 aliphatic rings. The van der Waals surface area contributed by atoms with E-state index in [2.05, 4.69) is 13.8 Å². The summed E-state index contributed by atoms with van der Waals surface area (Å²) < 4.78 is 5.50. The summed E-state index contributed by atoms with van der Waals surface area (Å²) in [6, 6.07) is 0. The fraction of sp³-hybridized carbons (Fsp3) is 0.923. The van der Waals surface area contributed by atoms with Crippen LogP contribution in [0.25, 0.3) is 0 Å². The molecule has 3 heteroatoms. The van der Waals surface area contributed by atoms with Crippen LogP contribution in [0.4, 0.5) is 0 Å². The molecule has 1 unspecified atom stereocenters. The normalized spacial score (nSPS) is 13.6. The van der Waals surface area contributed by atoms with Gasteiger partial charge in [0.2, 0.25) is 5.91 Å². The molecule has 0 N–H and O–H groups in total. The van der Waals surface area contributed by atoms with Crippen molar-refractivity contribution >= 4 is 5.91 Å². The van der Waals surface area contributed by atoms with Crippen molar-refractivity contribution in [3.8, 4) is 0 Å². The highest BCUT2D eigenvalue weighted by molar-refractivity contribution is 5.77. The van der Waals surface area contributed by atoms with Crippen LogP contribution in [0.1, 0.15) is 48.0 Å². The molecule has 1 amide bonds. The molecule has 0 bridgehead atoms. The Kier molecular flexibility index (Phi) is 6.65. The number of rotatable bonds is 6. The molecule has 0 saturated carbocycles. The standard InChI is InChI=1S/C13H27NO2/c1-7-11(3)9-14(8-2)12(15)10-16-13(4,5)6/h11H,7-10H2,1-6H3. The first-order chi connectivity index (χ1) is 7.30. The fourth-order valence-electron chi connectivity index (χ4n) is 1.28. The van der Waals surface area contributed by atoms with Crippen LogP contribution in [-0.2, 0) is 9.53 Å². The second kappa shape index (κ2) is 6.89. The lowest BCUT2D eigenvalue weighted by molar-refractivity contribution is -0.141. The molecule has 0 fully saturated rings. The molecule has 0 radical (unpaired) electrons. The maximum absolute atomic E-state index is 11.9. The second-order valence-electron chi connectivity index (χ2n) is 5.35. The Morgan fingerprint density at radius 2 is 1.88 bits per heavy atom. The summed E-state index contributed by atoms with van der Waals surface area (Å²) in [6.45, 7) is 14.0. The highest BCUT2D eigenvalue weighted by atomic mass is 16.5. The SMILES string of the molecule is CCC(C)CN(CC)C(=O)COC(C)(C)C. The molecule has 0 aromatic heterocycles. The van der Waals surface area contributed by atoms with Gasteiger partial charge in [-0.3, -0.25) is 4.79 Å². The summed E-state index contributed by atoms with van der Waals surface area (Å²) in [5.41, 5.74) is -0.245. The largest absolute Gasteiger partial charge is 0.366 e. The monoisotopic (exact) mass is 229 g/mol. The van der Waals surface area contributed by atoms with E-state index in [1.807, 2.05) is 32.6 Å². The number of carbonyl (C=O) groups excluding carboxylic acids is 1. The van der Waals surface area contributed by atoms with Gasteiger partial charge in [0.05, 0.1) is 5.60 Å². The van der Waals surface area contributed by atoms with Crippen LogP contribution in [-0.4, -0.2) is 36.1 Å². The molecule has 0 rings (SSSR count). The highest BCUT2D eigenvalue weighted by Gasteiger charge is 2.18. The van der Waals surface area contributed by atoms with Crippen molar-refractivity contribution in [1.29, 1.82) is 0 Å². The summed E-state index contributed by atoms with van der Waals surface area (Å²) in [5.74, 6) is 0.649. The Labute approximate surface area is 100 Å². The van der Waals surface area contributed by atoms with E-state index in [1.165, 1.54) is 0 Å². The molecule has 0 saturated heterocycles. The molecule has 0 spiro atoms. The molecular weight excluding hydrogens is 202 g/mol. The molecule has 16 heavy (non-hydrogen) atoms. The van der Waals surface area contributed by atoms with Gasteiger partial charge in [0.1, 0.15) is 6.61 Å². The fourth-order valence-corrected chi connectivity index (χ4v) is 1.28. The number of hydrogen-bond acceptors (Lipinski definition) is 2. The van der Waals surface area contributed by atoms with E-state index in [1.54, 1.807) is 0 Å². The molecule has 1 atom stereocenters. The first-order valence-corrected chi connectivity index (χ1v) is 6.21. The third kappa shape index (κ3) is 6.83. The predicted octanol–water partition coefficient (Wildman–Crippen LogP) is 2.70. The Morgan fingerprint density at radius 3 is 2.25 bits per heavy atom. The van der Waals surface area contributed by atoms with Gasteiger partial charge >= 0.3 is 0 Å². The summed E-state index contributed by atoms with van der Waals surface area (Å²) >= 11 is 0. The minimum Gasteiger partial charge on any atom is -0.366 e. The van der Waals surface area contributed by atoms with Gasteiger partial charge in [0.15, 0.2) is 0 Å². The Hall–Kier alpha value is -0.570. The van der Waals surface area contributed by atoms with E-state index in [0.29, 0.717) is 5.92 Å². The van der Waals surface area contributed by atoms with E-state index in [9.17, 15) is 4.79 Å². The van der Waals surface area contributed by atoms with Crippen molar-refractivity contribution in [3.05, 3.63) is 0 Å². The predicted molar refractivity (Wildman–Crippen MR) is 67.4 cm³/mol. The molecule has 96 valence electrons. The summed E-state index contributed by atoms with van der Waals surface area (Å²) in [7, 11) is 0. The van der Waals surface area contributed by atoms with E-state index in [4.69, 9.17) is 4.74 Å². The maximum Gasteiger partial charge on any atom is 0.248 e. The zero-order chi connectivity index (χ0) is 12.8. The average Bonchev–Trinajstić information content (AvgIpc) is 2.21. The second-order valence-corrected chi connectivity index (χ2v) is 5.35. The van der Waals surface area contributed by atoms with Crippen molar-refractivity contribution in [3.63, 3.8) is 0 Å². The lowest BCUT2D eigenvalue weighted by atomic mass is 10.1. The average molecular weight is 229 g/mol. The van der Waals surface area contributed by atoms with Crippen molar-refractivity contribution < 1.29 is 9.53 Å². The third-order valence-electron chi connectivity index (χ3n) is 2.59. The minimum absolute atomic E-state index is 0.0951. The number of likely N-dealkylation sites (N-methyl/N-ethyl adjacent to an activating group) is 1. The molecule has 0 aromatic carbocycles. The Bertz CT molecular complexity index is 208. The highest BCUT2D eigenvalue weighted by Crippen LogP contribution is 2.08. The zero-order valence-electron chi connectivity index (χ0n) is 11.7. The van der Waals surface area contributed by atoms with Gasteiger partial charge in [-0.25, -0.2) is 0 Å². The maximum atomic E-state index is 11.9. The van der Waals surface area contributed by atoms with Crippen LogP contribution in [0.3, 0.4) is 0 Å². The van der Waals surface area contributed by atoms with Crippen molar-refractivity contribution in [2.24, 2.45) is 5.92 Å². The summed E-state index contributed by atoms with van der Waals surface area (Å²) in [4.78, 5) is 13.7. The molecule has 0 aliphatic heterocycles. The molecule has 0 heterocycles. The van der Waals surface area contributed by atoms with E-state index in [-0.39, 0.29) is 18.1 Å². The number of carbonyl (C=O) groups is 1. The number of hydrogen-bond donors (Lipinski definition) is 0. The molecule has 3 nitrogen and oxygen atoms in total. The van der Waals surface area contributed by atoms with Gasteiger partial charge in [-0.1, -0.05) is 20.3 Å². The topological polar surface area (TPSA) is 29.5 Å². The number of amides is 1. The zero-order valence-corrected chi connectivity index (χ0v) is 11.7. The van der Waals surface area contributed by atoms with Crippen LogP contribution >= 0.6 is 0 Å². The summed E-state index contributed by atoms with van der Waals surface area (Å²) in [5, 5.41) is 0. The van der Waals surface area contributed by atoms with Crippen molar-refractivity contribution in [2.75, 3.05) is 19.7 Å². The lowest BCUT2D eigenvalue weighted by Gasteiger charge is -2.26. The smallest absolute Gasteiger partial charge is 0.248 e. The van der Waals surface area contributed by atoms with Gasteiger partial charge in [-0.2, -0.15) is 0 Å². The lowest BCUT2D eigenvalue weighted by Crippen LogP contribution is -2.38. The van der Waals surface area contributed by atoms with Gasteiger partial charge in [-0.05, 0) is 33.6 Å². The van der Waals surface area contributed by atoms with Gasteiger partial charge in [0, 0.05) is 13.1 Å². The van der Waals surface area contributed by atoms with Crippen LogP contribution in [0.15, 0.2) is 0 Å². The van der Waals surface area contributed by atoms with E-state index < -0.39 is 0 Å². The van der Waals surface area contributed by atoms with Gasteiger partial charge in [0.25, 0.3) is 0 Å². The van der Waals surface area contributed by atoms with Crippen LogP contribution in [0.2, 0.25) is 0 Å². The van der Waals surface area contributed by atoms with Crippen LogP contribution in [0, 0.1) is 5.92 Å². The minimum atomic E-state index is -0.245. The van der Waals surface area contributed by atoms with E-state index >= 15 is 0 Å². The number of ether oxygens (including phenoxy) is 1. The quantitative estimate of drug-likeness (QED) is 0.701. The molecular formula is C13H27NO2. The Morgan fingerprint density at radius 1 is 1.31 bits per heavy atom. The van der Waals surface area contributed by atoms with Crippen molar-refractivity contribution in [1.82, 2.24) is 4.90 Å². The van der Waals surface area contributed by atoms with Crippen LogP contribution < -0.4 is 0 Å².